The number of pyridine rings is 1. The molecule has 1 N–H and O–H groups in total. The van der Waals surface area contributed by atoms with Crippen molar-refractivity contribution < 1.29 is 13.2 Å². The van der Waals surface area contributed by atoms with Crippen LogP contribution in [-0.2, 0) is 21.4 Å². The number of benzene rings is 1. The van der Waals surface area contributed by atoms with Crippen LogP contribution in [-0.4, -0.2) is 49.4 Å². The molecule has 2 aliphatic heterocycles. The van der Waals surface area contributed by atoms with Crippen molar-refractivity contribution in [2.45, 2.75) is 50.7 Å². The van der Waals surface area contributed by atoms with E-state index in [9.17, 15) is 13.2 Å². The summed E-state index contributed by atoms with van der Waals surface area (Å²) in [6, 6.07) is 11.9. The number of rotatable bonds is 3. The summed E-state index contributed by atoms with van der Waals surface area (Å²) in [4.78, 5) is 21.9. The Morgan fingerprint density at radius 3 is 2.57 bits per heavy atom. The predicted molar refractivity (Wildman–Crippen MR) is 115 cm³/mol. The summed E-state index contributed by atoms with van der Waals surface area (Å²) >= 11 is 0. The van der Waals surface area contributed by atoms with E-state index in [4.69, 9.17) is 0 Å². The molecule has 8 heteroatoms. The van der Waals surface area contributed by atoms with Crippen molar-refractivity contribution in [1.29, 1.82) is 0 Å². The fourth-order valence-corrected chi connectivity index (χ4v) is 5.73. The molecule has 2 aliphatic rings. The van der Waals surface area contributed by atoms with Crippen LogP contribution in [0.3, 0.4) is 0 Å². The Bertz CT molecular complexity index is 1030. The summed E-state index contributed by atoms with van der Waals surface area (Å²) < 4.78 is 29.0. The van der Waals surface area contributed by atoms with Crippen LogP contribution in [0.2, 0.25) is 0 Å². The SMILES string of the molecule is CC(C)(C)CC(=O)N1c2ccccc2S(=O)(=O)N[C@@H]2CN(Cc3ccccn3)C[C@@H]21. The molecular weight excluding hydrogens is 400 g/mol. The second kappa shape index (κ2) is 7.76. The topological polar surface area (TPSA) is 82.6 Å². The van der Waals surface area contributed by atoms with Crippen LogP contribution in [0, 0.1) is 5.41 Å². The summed E-state index contributed by atoms with van der Waals surface area (Å²) in [6.45, 7) is 7.76. The number of fused-ring (bicyclic) bond motifs is 2. The zero-order valence-corrected chi connectivity index (χ0v) is 18.4. The summed E-state index contributed by atoms with van der Waals surface area (Å²) in [7, 11) is -3.73. The first-order valence-corrected chi connectivity index (χ1v) is 11.7. The van der Waals surface area contributed by atoms with Gasteiger partial charge in [0.25, 0.3) is 0 Å². The molecule has 3 heterocycles. The minimum absolute atomic E-state index is 0.0523. The van der Waals surface area contributed by atoms with Crippen LogP contribution in [0.1, 0.15) is 32.9 Å². The number of nitrogens with zero attached hydrogens (tertiary/aromatic N) is 3. The fraction of sp³-hybridized carbons (Fsp3) is 0.455. The number of carbonyl (C=O) groups is 1. The van der Waals surface area contributed by atoms with E-state index in [-0.39, 0.29) is 28.3 Å². The maximum absolute atomic E-state index is 13.4. The second-order valence-corrected chi connectivity index (χ2v) is 11.0. The van der Waals surface area contributed by atoms with E-state index in [1.54, 1.807) is 35.4 Å². The monoisotopic (exact) mass is 428 g/mol. The maximum atomic E-state index is 13.4. The molecule has 0 saturated carbocycles. The third-order valence-electron chi connectivity index (χ3n) is 5.48. The van der Waals surface area contributed by atoms with E-state index >= 15 is 0 Å². The van der Waals surface area contributed by atoms with Crippen molar-refractivity contribution in [2.24, 2.45) is 5.41 Å². The third-order valence-corrected chi connectivity index (χ3v) is 7.02. The summed E-state index contributed by atoms with van der Waals surface area (Å²) in [5, 5.41) is 0. The van der Waals surface area contributed by atoms with Gasteiger partial charge in [0.05, 0.1) is 23.5 Å². The summed E-state index contributed by atoms with van der Waals surface area (Å²) in [5.41, 5.74) is 1.18. The van der Waals surface area contributed by atoms with Crippen molar-refractivity contribution in [2.75, 3.05) is 18.0 Å². The molecule has 1 fully saturated rings. The maximum Gasteiger partial charge on any atom is 0.243 e. The van der Waals surface area contributed by atoms with Crippen LogP contribution in [0.25, 0.3) is 0 Å². The minimum atomic E-state index is -3.73. The van der Waals surface area contributed by atoms with E-state index in [0.717, 1.165) is 5.69 Å². The molecule has 4 rings (SSSR count). The van der Waals surface area contributed by atoms with Gasteiger partial charge in [-0.05, 0) is 29.7 Å². The van der Waals surface area contributed by atoms with Gasteiger partial charge in [-0.1, -0.05) is 39.0 Å². The van der Waals surface area contributed by atoms with E-state index in [2.05, 4.69) is 14.6 Å². The lowest BCUT2D eigenvalue weighted by Gasteiger charge is -2.33. The van der Waals surface area contributed by atoms with Gasteiger partial charge in [0.2, 0.25) is 15.9 Å². The number of sulfonamides is 1. The van der Waals surface area contributed by atoms with Gasteiger partial charge in [-0.15, -0.1) is 0 Å². The van der Waals surface area contributed by atoms with Crippen molar-refractivity contribution in [1.82, 2.24) is 14.6 Å². The molecule has 1 aromatic carbocycles. The number of hydrogen-bond donors (Lipinski definition) is 1. The van der Waals surface area contributed by atoms with Gasteiger partial charge in [0.1, 0.15) is 4.90 Å². The van der Waals surface area contributed by atoms with Crippen LogP contribution >= 0.6 is 0 Å². The van der Waals surface area contributed by atoms with Crippen LogP contribution in [0.15, 0.2) is 53.6 Å². The Balaban J connectivity index is 1.71. The summed E-state index contributed by atoms with van der Waals surface area (Å²) in [6.07, 6.45) is 2.09. The lowest BCUT2D eigenvalue weighted by atomic mass is 9.91. The van der Waals surface area contributed by atoms with E-state index in [0.29, 0.717) is 31.7 Å². The standard InChI is InChI=1S/C22H28N4O3S/c1-22(2,3)12-21(27)26-18-9-4-5-10-20(18)30(28,29)24-17-14-25(15-19(17)26)13-16-8-6-7-11-23-16/h4-11,17,19,24H,12-15H2,1-3H3/t17-,19+/m1/s1. The Kier molecular flexibility index (Phi) is 5.42. The second-order valence-electron chi connectivity index (χ2n) is 9.28. The zero-order valence-electron chi connectivity index (χ0n) is 17.6. The first-order chi connectivity index (χ1) is 14.1. The van der Waals surface area contributed by atoms with Gasteiger partial charge in [-0.2, -0.15) is 0 Å². The Morgan fingerprint density at radius 2 is 1.87 bits per heavy atom. The normalized spacial score (nSPS) is 23.5. The van der Waals surface area contributed by atoms with Gasteiger partial charge < -0.3 is 4.90 Å². The molecule has 0 aliphatic carbocycles. The molecule has 30 heavy (non-hydrogen) atoms. The van der Waals surface area contributed by atoms with Gasteiger partial charge in [-0.25, -0.2) is 13.1 Å². The highest BCUT2D eigenvalue weighted by Gasteiger charge is 2.45. The molecule has 1 amide bonds. The molecule has 2 aromatic rings. The van der Waals surface area contributed by atoms with E-state index in [1.807, 2.05) is 39.0 Å². The Hall–Kier alpha value is -2.29. The number of hydrogen-bond acceptors (Lipinski definition) is 5. The number of nitrogens with one attached hydrogen (secondary N) is 1. The Labute approximate surface area is 178 Å². The minimum Gasteiger partial charge on any atom is -0.305 e. The van der Waals surface area contributed by atoms with Gasteiger partial charge in [0.15, 0.2) is 0 Å². The van der Waals surface area contributed by atoms with Crippen LogP contribution < -0.4 is 9.62 Å². The lowest BCUT2D eigenvalue weighted by molar-refractivity contribution is -0.120. The van der Waals surface area contributed by atoms with Crippen molar-refractivity contribution >= 4 is 21.6 Å². The van der Waals surface area contributed by atoms with Gasteiger partial charge >= 0.3 is 0 Å². The molecule has 0 bridgehead atoms. The number of likely N-dealkylation sites (tertiary alicyclic amines) is 1. The van der Waals surface area contributed by atoms with Crippen molar-refractivity contribution in [3.8, 4) is 0 Å². The highest BCUT2D eigenvalue weighted by Crippen LogP contribution is 2.35. The highest BCUT2D eigenvalue weighted by molar-refractivity contribution is 7.89. The number of aromatic nitrogens is 1. The molecule has 0 unspecified atom stereocenters. The highest BCUT2D eigenvalue weighted by atomic mass is 32.2. The number of carbonyl (C=O) groups excluding carboxylic acids is 1. The summed E-state index contributed by atoms with van der Waals surface area (Å²) in [5.74, 6) is -0.0523. The van der Waals surface area contributed by atoms with Crippen molar-refractivity contribution in [3.63, 3.8) is 0 Å². The average Bonchev–Trinajstić information content (AvgIpc) is 2.98. The number of anilines is 1. The molecule has 1 aromatic heterocycles. The van der Waals surface area contributed by atoms with Crippen LogP contribution in [0.5, 0.6) is 0 Å². The Morgan fingerprint density at radius 1 is 1.13 bits per heavy atom. The smallest absolute Gasteiger partial charge is 0.243 e. The molecule has 0 radical (unpaired) electrons. The largest absolute Gasteiger partial charge is 0.305 e. The first kappa shape index (κ1) is 21.0. The molecule has 1 saturated heterocycles. The van der Waals surface area contributed by atoms with Crippen molar-refractivity contribution in [3.05, 3.63) is 54.4 Å². The fourth-order valence-electron chi connectivity index (χ4n) is 4.28. The van der Waals surface area contributed by atoms with Crippen LogP contribution in [0.4, 0.5) is 5.69 Å². The molecule has 2 atom stereocenters. The molecular formula is C22H28N4O3S. The molecule has 160 valence electrons. The predicted octanol–water partition coefficient (Wildman–Crippen LogP) is 2.40. The molecule has 0 spiro atoms. The quantitative estimate of drug-likeness (QED) is 0.812. The third kappa shape index (κ3) is 4.26. The van der Waals surface area contributed by atoms with E-state index in [1.165, 1.54) is 0 Å². The van der Waals surface area contributed by atoms with Gasteiger partial charge in [0, 0.05) is 32.3 Å². The number of amides is 1. The zero-order chi connectivity index (χ0) is 21.5. The number of para-hydroxylation sites is 1. The average molecular weight is 429 g/mol. The van der Waals surface area contributed by atoms with Gasteiger partial charge in [-0.3, -0.25) is 14.7 Å². The molecule has 7 nitrogen and oxygen atoms in total. The first-order valence-electron chi connectivity index (χ1n) is 10.2. The van der Waals surface area contributed by atoms with E-state index < -0.39 is 10.0 Å². The lowest BCUT2D eigenvalue weighted by Crippen LogP contribution is -2.51.